The van der Waals surface area contributed by atoms with E-state index in [1.807, 2.05) is 0 Å². The molecule has 0 bridgehead atoms. The molecule has 3 heteroatoms. The Kier molecular flexibility index (Phi) is 5.58. The molecule has 0 aromatic heterocycles. The zero-order valence-electron chi connectivity index (χ0n) is 10.6. The predicted octanol–water partition coefficient (Wildman–Crippen LogP) is 1.14. The molecule has 0 aromatic rings. The van der Waals surface area contributed by atoms with Crippen molar-refractivity contribution in [3.05, 3.63) is 0 Å². The molecular formula is C12H27N3. The van der Waals surface area contributed by atoms with Gasteiger partial charge in [-0.25, -0.2) is 0 Å². The van der Waals surface area contributed by atoms with E-state index in [4.69, 9.17) is 5.73 Å². The van der Waals surface area contributed by atoms with Crippen LogP contribution in [0.5, 0.6) is 0 Å². The van der Waals surface area contributed by atoms with Crippen LogP contribution in [0.3, 0.4) is 0 Å². The van der Waals surface area contributed by atoms with Crippen molar-refractivity contribution in [1.82, 2.24) is 9.80 Å². The molecule has 1 heterocycles. The third-order valence-electron chi connectivity index (χ3n) is 3.65. The molecule has 2 unspecified atom stereocenters. The molecule has 2 N–H and O–H groups in total. The van der Waals surface area contributed by atoms with Crippen LogP contribution in [0.4, 0.5) is 0 Å². The van der Waals surface area contributed by atoms with Gasteiger partial charge in [-0.2, -0.15) is 0 Å². The van der Waals surface area contributed by atoms with Crippen LogP contribution in [-0.2, 0) is 0 Å². The van der Waals surface area contributed by atoms with E-state index in [-0.39, 0.29) is 0 Å². The zero-order chi connectivity index (χ0) is 11.3. The molecule has 0 aromatic carbocycles. The number of hydrogen-bond donors (Lipinski definition) is 1. The average Bonchev–Trinajstić information content (AvgIpc) is 2.26. The highest BCUT2D eigenvalue weighted by Crippen LogP contribution is 2.18. The molecule has 0 spiro atoms. The molecule has 3 nitrogen and oxygen atoms in total. The summed E-state index contributed by atoms with van der Waals surface area (Å²) < 4.78 is 0. The first-order valence-corrected chi connectivity index (χ1v) is 6.29. The Morgan fingerprint density at radius 1 is 1.47 bits per heavy atom. The Hall–Kier alpha value is -0.120. The fourth-order valence-corrected chi connectivity index (χ4v) is 2.57. The third-order valence-corrected chi connectivity index (χ3v) is 3.65. The second-order valence-corrected chi connectivity index (χ2v) is 4.89. The first-order chi connectivity index (χ1) is 7.19. The minimum atomic E-state index is 0.706. The lowest BCUT2D eigenvalue weighted by molar-refractivity contribution is 0.0909. The summed E-state index contributed by atoms with van der Waals surface area (Å²) in [5.74, 6) is 0. The summed E-state index contributed by atoms with van der Waals surface area (Å²) in [7, 11) is 4.39. The lowest BCUT2D eigenvalue weighted by atomic mass is 10.0. The summed E-state index contributed by atoms with van der Waals surface area (Å²) in [6, 6.07) is 1.45. The quantitative estimate of drug-likeness (QED) is 0.743. The average molecular weight is 213 g/mol. The van der Waals surface area contributed by atoms with E-state index in [0.29, 0.717) is 6.04 Å². The van der Waals surface area contributed by atoms with Gasteiger partial charge in [-0.3, -0.25) is 4.90 Å². The van der Waals surface area contributed by atoms with Gasteiger partial charge >= 0.3 is 0 Å². The van der Waals surface area contributed by atoms with Gasteiger partial charge in [0, 0.05) is 18.6 Å². The van der Waals surface area contributed by atoms with Crippen LogP contribution in [0.25, 0.3) is 0 Å². The lowest BCUT2D eigenvalue weighted by Gasteiger charge is -2.40. The van der Waals surface area contributed by atoms with E-state index < -0.39 is 0 Å². The van der Waals surface area contributed by atoms with Crippen LogP contribution in [0.1, 0.15) is 32.6 Å². The molecular weight excluding hydrogens is 186 g/mol. The fraction of sp³-hybridized carbons (Fsp3) is 1.00. The van der Waals surface area contributed by atoms with Gasteiger partial charge in [-0.1, -0.05) is 6.92 Å². The molecule has 15 heavy (non-hydrogen) atoms. The Morgan fingerprint density at radius 3 is 2.73 bits per heavy atom. The van der Waals surface area contributed by atoms with E-state index in [9.17, 15) is 0 Å². The monoisotopic (exact) mass is 213 g/mol. The van der Waals surface area contributed by atoms with Crippen molar-refractivity contribution in [2.24, 2.45) is 5.73 Å². The fourth-order valence-electron chi connectivity index (χ4n) is 2.57. The Bertz CT molecular complexity index is 170. The Labute approximate surface area is 94.6 Å². The predicted molar refractivity (Wildman–Crippen MR) is 66.0 cm³/mol. The minimum Gasteiger partial charge on any atom is -0.330 e. The molecule has 1 aliphatic rings. The SMILES string of the molecule is CCC(CCN)N1CCCC(N(C)C)C1. The molecule has 0 amide bonds. The summed E-state index contributed by atoms with van der Waals surface area (Å²) in [6.07, 6.45) is 5.07. The molecule has 1 saturated heterocycles. The maximum absolute atomic E-state index is 5.67. The highest BCUT2D eigenvalue weighted by Gasteiger charge is 2.25. The van der Waals surface area contributed by atoms with Gasteiger partial charge in [0.15, 0.2) is 0 Å². The molecule has 1 aliphatic heterocycles. The molecule has 2 atom stereocenters. The summed E-state index contributed by atoms with van der Waals surface area (Å²) in [4.78, 5) is 5.00. The standard InChI is InChI=1S/C12H27N3/c1-4-11(7-8-13)15-9-5-6-12(10-15)14(2)3/h11-12H,4-10,13H2,1-3H3. The summed E-state index contributed by atoms with van der Waals surface area (Å²) in [5, 5.41) is 0. The Morgan fingerprint density at radius 2 is 2.20 bits per heavy atom. The van der Waals surface area contributed by atoms with Crippen molar-refractivity contribution in [3.63, 3.8) is 0 Å². The number of rotatable bonds is 5. The minimum absolute atomic E-state index is 0.706. The number of nitrogens with zero attached hydrogens (tertiary/aromatic N) is 2. The van der Waals surface area contributed by atoms with Crippen molar-refractivity contribution in [3.8, 4) is 0 Å². The Balaban J connectivity index is 2.46. The number of likely N-dealkylation sites (N-methyl/N-ethyl adjacent to an activating group) is 1. The van der Waals surface area contributed by atoms with Crippen molar-refractivity contribution in [1.29, 1.82) is 0 Å². The second kappa shape index (κ2) is 6.46. The van der Waals surface area contributed by atoms with E-state index in [1.165, 1.54) is 32.4 Å². The van der Waals surface area contributed by atoms with Crippen molar-refractivity contribution < 1.29 is 0 Å². The topological polar surface area (TPSA) is 32.5 Å². The lowest BCUT2D eigenvalue weighted by Crippen LogP contribution is -2.49. The number of likely N-dealkylation sites (tertiary alicyclic amines) is 1. The second-order valence-electron chi connectivity index (χ2n) is 4.89. The normalized spacial score (nSPS) is 25.8. The van der Waals surface area contributed by atoms with Gasteiger partial charge in [-0.05, 0) is 52.9 Å². The maximum Gasteiger partial charge on any atom is 0.0217 e. The smallest absolute Gasteiger partial charge is 0.0217 e. The molecule has 0 aliphatic carbocycles. The number of piperidine rings is 1. The third kappa shape index (κ3) is 3.74. The maximum atomic E-state index is 5.67. The molecule has 90 valence electrons. The molecule has 0 saturated carbocycles. The number of hydrogen-bond acceptors (Lipinski definition) is 3. The highest BCUT2D eigenvalue weighted by atomic mass is 15.2. The zero-order valence-corrected chi connectivity index (χ0v) is 10.6. The van der Waals surface area contributed by atoms with Crippen LogP contribution >= 0.6 is 0 Å². The van der Waals surface area contributed by atoms with Crippen molar-refractivity contribution >= 4 is 0 Å². The van der Waals surface area contributed by atoms with Crippen molar-refractivity contribution in [2.45, 2.75) is 44.7 Å². The van der Waals surface area contributed by atoms with Crippen LogP contribution < -0.4 is 5.73 Å². The summed E-state index contributed by atoms with van der Waals surface area (Å²) in [6.45, 7) is 5.59. The first-order valence-electron chi connectivity index (χ1n) is 6.29. The van der Waals surface area contributed by atoms with Gasteiger partial charge in [0.25, 0.3) is 0 Å². The molecule has 1 fully saturated rings. The number of nitrogens with two attached hydrogens (primary N) is 1. The largest absolute Gasteiger partial charge is 0.330 e. The van der Waals surface area contributed by atoms with E-state index in [0.717, 1.165) is 19.0 Å². The van der Waals surface area contributed by atoms with Gasteiger partial charge < -0.3 is 10.6 Å². The summed E-state index contributed by atoms with van der Waals surface area (Å²) in [5.41, 5.74) is 5.67. The van der Waals surface area contributed by atoms with Crippen LogP contribution in [0, 0.1) is 0 Å². The van der Waals surface area contributed by atoms with Crippen LogP contribution in [0.2, 0.25) is 0 Å². The van der Waals surface area contributed by atoms with Gasteiger partial charge in [0.1, 0.15) is 0 Å². The van der Waals surface area contributed by atoms with Gasteiger partial charge in [-0.15, -0.1) is 0 Å². The molecule has 0 radical (unpaired) electrons. The summed E-state index contributed by atoms with van der Waals surface area (Å²) >= 11 is 0. The highest BCUT2D eigenvalue weighted by molar-refractivity contribution is 4.82. The first kappa shape index (κ1) is 12.9. The van der Waals surface area contributed by atoms with Crippen molar-refractivity contribution in [2.75, 3.05) is 33.7 Å². The molecule has 1 rings (SSSR count). The van der Waals surface area contributed by atoms with E-state index in [2.05, 4.69) is 30.8 Å². The van der Waals surface area contributed by atoms with E-state index in [1.54, 1.807) is 0 Å². The van der Waals surface area contributed by atoms with Crippen LogP contribution in [0.15, 0.2) is 0 Å². The van der Waals surface area contributed by atoms with E-state index >= 15 is 0 Å². The van der Waals surface area contributed by atoms with Crippen LogP contribution in [-0.4, -0.2) is 55.6 Å². The van der Waals surface area contributed by atoms with Gasteiger partial charge in [0.05, 0.1) is 0 Å². The van der Waals surface area contributed by atoms with Gasteiger partial charge in [0.2, 0.25) is 0 Å².